The minimum atomic E-state index is 0.413. The van der Waals surface area contributed by atoms with E-state index in [-0.39, 0.29) is 0 Å². The highest BCUT2D eigenvalue weighted by molar-refractivity contribution is 5.10. The topological polar surface area (TPSA) is 29.9 Å². The lowest BCUT2D eigenvalue weighted by Gasteiger charge is -2.11. The second-order valence-electron chi connectivity index (χ2n) is 4.51. The molecule has 0 saturated heterocycles. The molecule has 0 radical (unpaired) electrons. The van der Waals surface area contributed by atoms with E-state index in [9.17, 15) is 0 Å². The zero-order chi connectivity index (χ0) is 10.2. The first-order valence-corrected chi connectivity index (χ1v) is 5.41. The quantitative estimate of drug-likeness (QED) is 0.791. The van der Waals surface area contributed by atoms with Crippen molar-refractivity contribution in [2.45, 2.75) is 52.2 Å². The summed E-state index contributed by atoms with van der Waals surface area (Å²) < 4.78 is 2.08. The van der Waals surface area contributed by atoms with Crippen LogP contribution in [0.1, 0.15) is 38.1 Å². The van der Waals surface area contributed by atoms with Crippen molar-refractivity contribution in [2.24, 2.45) is 0 Å². The molecule has 1 saturated carbocycles. The Bertz CT molecular complexity index is 323. The van der Waals surface area contributed by atoms with Gasteiger partial charge in [0.1, 0.15) is 0 Å². The fourth-order valence-corrected chi connectivity index (χ4v) is 1.68. The Morgan fingerprint density at radius 3 is 2.86 bits per heavy atom. The van der Waals surface area contributed by atoms with Crippen LogP contribution in [0.2, 0.25) is 0 Å². The second kappa shape index (κ2) is 3.39. The Morgan fingerprint density at radius 2 is 2.29 bits per heavy atom. The molecule has 14 heavy (non-hydrogen) atoms. The maximum Gasteiger partial charge on any atom is 0.0597 e. The van der Waals surface area contributed by atoms with E-state index in [1.165, 1.54) is 18.5 Å². The molecule has 3 heteroatoms. The number of nitrogens with zero attached hydrogens (tertiary/aromatic N) is 2. The van der Waals surface area contributed by atoms with E-state index in [1.54, 1.807) is 0 Å². The van der Waals surface area contributed by atoms with Crippen LogP contribution in [0.3, 0.4) is 0 Å². The molecule has 1 N–H and O–H groups in total. The zero-order valence-corrected chi connectivity index (χ0v) is 9.30. The normalized spacial score (nSPS) is 18.5. The van der Waals surface area contributed by atoms with Crippen LogP contribution in [0.15, 0.2) is 6.07 Å². The van der Waals surface area contributed by atoms with Crippen molar-refractivity contribution in [3.63, 3.8) is 0 Å². The van der Waals surface area contributed by atoms with Gasteiger partial charge in [-0.05, 0) is 39.7 Å². The average Bonchev–Trinajstić information content (AvgIpc) is 2.76. The van der Waals surface area contributed by atoms with Gasteiger partial charge in [-0.1, -0.05) is 0 Å². The van der Waals surface area contributed by atoms with Crippen molar-refractivity contribution in [3.05, 3.63) is 17.5 Å². The average molecular weight is 193 g/mol. The van der Waals surface area contributed by atoms with Crippen LogP contribution < -0.4 is 5.32 Å². The van der Waals surface area contributed by atoms with Crippen molar-refractivity contribution in [3.8, 4) is 0 Å². The summed E-state index contributed by atoms with van der Waals surface area (Å²) in [7, 11) is 0. The molecular formula is C11H19N3. The van der Waals surface area contributed by atoms with Crippen LogP contribution in [0.4, 0.5) is 0 Å². The standard InChI is InChI=1S/C11H19N3/c1-4-14-10(7-9(2)13-14)8-12-11(3)5-6-11/h7,12H,4-6,8H2,1-3H3. The van der Waals surface area contributed by atoms with Crippen LogP contribution in [-0.2, 0) is 13.1 Å². The highest BCUT2D eigenvalue weighted by Gasteiger charge is 2.36. The fourth-order valence-electron chi connectivity index (χ4n) is 1.68. The zero-order valence-electron chi connectivity index (χ0n) is 9.30. The SMILES string of the molecule is CCn1nc(C)cc1CNC1(C)CC1. The Kier molecular flexibility index (Phi) is 2.35. The van der Waals surface area contributed by atoms with Crippen molar-refractivity contribution in [2.75, 3.05) is 0 Å². The molecule has 0 aliphatic heterocycles. The second-order valence-corrected chi connectivity index (χ2v) is 4.51. The predicted octanol–water partition coefficient (Wildman–Crippen LogP) is 1.85. The molecule has 0 spiro atoms. The Hall–Kier alpha value is -0.830. The number of aromatic nitrogens is 2. The van der Waals surface area contributed by atoms with Gasteiger partial charge >= 0.3 is 0 Å². The first-order chi connectivity index (χ1) is 6.63. The molecule has 1 aromatic heterocycles. The molecule has 0 atom stereocenters. The van der Waals surface area contributed by atoms with Crippen molar-refractivity contribution >= 4 is 0 Å². The lowest BCUT2D eigenvalue weighted by Crippen LogP contribution is -2.28. The summed E-state index contributed by atoms with van der Waals surface area (Å²) in [6.07, 6.45) is 2.62. The number of rotatable bonds is 4. The van der Waals surface area contributed by atoms with Gasteiger partial charge in [0.15, 0.2) is 0 Å². The van der Waals surface area contributed by atoms with Gasteiger partial charge in [-0.25, -0.2) is 0 Å². The Morgan fingerprint density at radius 1 is 1.57 bits per heavy atom. The summed E-state index contributed by atoms with van der Waals surface area (Å²) in [6, 6.07) is 2.17. The van der Waals surface area contributed by atoms with E-state index >= 15 is 0 Å². The first kappa shape index (κ1) is 9.71. The molecule has 0 aromatic carbocycles. The predicted molar refractivity (Wildman–Crippen MR) is 57.1 cm³/mol. The molecular weight excluding hydrogens is 174 g/mol. The lowest BCUT2D eigenvalue weighted by atomic mass is 10.3. The highest BCUT2D eigenvalue weighted by atomic mass is 15.3. The van der Waals surface area contributed by atoms with Crippen LogP contribution in [0.5, 0.6) is 0 Å². The van der Waals surface area contributed by atoms with Gasteiger partial charge in [0.25, 0.3) is 0 Å². The molecule has 1 heterocycles. The van der Waals surface area contributed by atoms with E-state index < -0.39 is 0 Å². The lowest BCUT2D eigenvalue weighted by molar-refractivity contribution is 0.506. The van der Waals surface area contributed by atoms with Gasteiger partial charge < -0.3 is 5.32 Å². The van der Waals surface area contributed by atoms with E-state index in [1.807, 2.05) is 0 Å². The molecule has 3 nitrogen and oxygen atoms in total. The van der Waals surface area contributed by atoms with Gasteiger partial charge in [-0.3, -0.25) is 4.68 Å². The molecule has 0 amide bonds. The van der Waals surface area contributed by atoms with Gasteiger partial charge in [0.2, 0.25) is 0 Å². The smallest absolute Gasteiger partial charge is 0.0597 e. The van der Waals surface area contributed by atoms with Crippen LogP contribution in [0.25, 0.3) is 0 Å². The van der Waals surface area contributed by atoms with E-state index in [2.05, 4.69) is 41.9 Å². The summed E-state index contributed by atoms with van der Waals surface area (Å²) in [5, 5.41) is 8.00. The molecule has 1 aromatic rings. The number of hydrogen-bond acceptors (Lipinski definition) is 2. The largest absolute Gasteiger partial charge is 0.306 e. The maximum absolute atomic E-state index is 4.43. The molecule has 78 valence electrons. The van der Waals surface area contributed by atoms with Crippen LogP contribution in [-0.4, -0.2) is 15.3 Å². The molecule has 1 aliphatic rings. The minimum absolute atomic E-state index is 0.413. The highest BCUT2D eigenvalue weighted by Crippen LogP contribution is 2.34. The summed E-state index contributed by atoms with van der Waals surface area (Å²) in [5.74, 6) is 0. The minimum Gasteiger partial charge on any atom is -0.306 e. The summed E-state index contributed by atoms with van der Waals surface area (Å²) in [6.45, 7) is 8.38. The molecule has 1 fully saturated rings. The summed E-state index contributed by atoms with van der Waals surface area (Å²) >= 11 is 0. The van der Waals surface area contributed by atoms with E-state index in [0.717, 1.165) is 18.8 Å². The molecule has 2 rings (SSSR count). The molecule has 0 unspecified atom stereocenters. The number of aryl methyl sites for hydroxylation is 2. The van der Waals surface area contributed by atoms with E-state index in [4.69, 9.17) is 0 Å². The van der Waals surface area contributed by atoms with Crippen LogP contribution >= 0.6 is 0 Å². The maximum atomic E-state index is 4.43. The van der Waals surface area contributed by atoms with Gasteiger partial charge in [0.05, 0.1) is 11.4 Å². The summed E-state index contributed by atoms with van der Waals surface area (Å²) in [5.41, 5.74) is 2.83. The Labute approximate surface area is 85.5 Å². The van der Waals surface area contributed by atoms with Gasteiger partial charge in [-0.2, -0.15) is 5.10 Å². The third-order valence-electron chi connectivity index (χ3n) is 2.98. The summed E-state index contributed by atoms with van der Waals surface area (Å²) in [4.78, 5) is 0. The Balaban J connectivity index is 2.00. The van der Waals surface area contributed by atoms with Crippen molar-refractivity contribution in [1.82, 2.24) is 15.1 Å². The third kappa shape index (κ3) is 1.98. The first-order valence-electron chi connectivity index (χ1n) is 5.41. The van der Waals surface area contributed by atoms with Crippen LogP contribution in [0, 0.1) is 6.92 Å². The fraction of sp³-hybridized carbons (Fsp3) is 0.727. The van der Waals surface area contributed by atoms with Gasteiger partial charge in [0, 0.05) is 18.6 Å². The molecule has 0 bridgehead atoms. The van der Waals surface area contributed by atoms with Crippen molar-refractivity contribution in [1.29, 1.82) is 0 Å². The van der Waals surface area contributed by atoms with Gasteiger partial charge in [-0.15, -0.1) is 0 Å². The number of hydrogen-bond donors (Lipinski definition) is 1. The monoisotopic (exact) mass is 193 g/mol. The molecule has 1 aliphatic carbocycles. The third-order valence-corrected chi connectivity index (χ3v) is 2.98. The van der Waals surface area contributed by atoms with Crippen molar-refractivity contribution < 1.29 is 0 Å². The van der Waals surface area contributed by atoms with E-state index in [0.29, 0.717) is 5.54 Å². The number of nitrogens with one attached hydrogen (secondary N) is 1.